The number of H-pyrrole nitrogens is 1. The Hall–Kier alpha value is -4.57. The number of aromatic amines is 1. The fourth-order valence-electron chi connectivity index (χ4n) is 3.83. The first-order chi connectivity index (χ1) is 17.9. The topological polar surface area (TPSA) is 115 Å². The van der Waals surface area contributed by atoms with Crippen molar-refractivity contribution in [2.24, 2.45) is 0 Å². The van der Waals surface area contributed by atoms with Crippen molar-refractivity contribution in [1.82, 2.24) is 14.5 Å². The second-order valence-corrected chi connectivity index (χ2v) is 9.78. The lowest BCUT2D eigenvalue weighted by Gasteiger charge is -2.14. The Morgan fingerprint density at radius 3 is 2.49 bits per heavy atom. The van der Waals surface area contributed by atoms with Crippen LogP contribution in [0.15, 0.2) is 96.2 Å². The lowest BCUT2D eigenvalue weighted by atomic mass is 10.1. The number of esters is 1. The zero-order valence-electron chi connectivity index (χ0n) is 19.9. The average molecular weight is 517 g/mol. The predicted octanol–water partition coefficient (Wildman–Crippen LogP) is 4.76. The summed E-state index contributed by atoms with van der Waals surface area (Å²) in [6.45, 7) is 1.70. The number of carbonyl (C=O) groups excluding carboxylic acids is 1. The van der Waals surface area contributed by atoms with E-state index in [4.69, 9.17) is 9.47 Å². The minimum absolute atomic E-state index is 0.0397. The summed E-state index contributed by atoms with van der Waals surface area (Å²) in [5, 5.41) is 0. The molecule has 0 aliphatic heterocycles. The number of fused-ring (bicyclic) bond motifs is 1. The molecule has 0 saturated carbocycles. The van der Waals surface area contributed by atoms with Gasteiger partial charge in [0.25, 0.3) is 10.0 Å². The van der Waals surface area contributed by atoms with Crippen LogP contribution in [0.4, 0.5) is 5.69 Å². The van der Waals surface area contributed by atoms with Gasteiger partial charge in [-0.15, -0.1) is 0 Å². The molecule has 0 amide bonds. The Morgan fingerprint density at radius 2 is 1.76 bits per heavy atom. The van der Waals surface area contributed by atoms with Crippen molar-refractivity contribution in [3.05, 3.63) is 91.3 Å². The lowest BCUT2D eigenvalue weighted by Crippen LogP contribution is -2.15. The van der Waals surface area contributed by atoms with Gasteiger partial charge in [0.1, 0.15) is 11.6 Å². The number of rotatable bonds is 9. The second kappa shape index (κ2) is 10.2. The van der Waals surface area contributed by atoms with E-state index in [-0.39, 0.29) is 18.1 Å². The van der Waals surface area contributed by atoms with Gasteiger partial charge in [-0.1, -0.05) is 12.1 Å². The van der Waals surface area contributed by atoms with Crippen LogP contribution in [0, 0.1) is 0 Å². The fraction of sp³-hybridized carbons (Fsp3) is 0.111. The van der Waals surface area contributed by atoms with Gasteiger partial charge in [-0.3, -0.25) is 4.72 Å². The summed E-state index contributed by atoms with van der Waals surface area (Å²) in [7, 11) is -3.96. The highest BCUT2D eigenvalue weighted by Gasteiger charge is 2.19. The van der Waals surface area contributed by atoms with Crippen LogP contribution in [0.1, 0.15) is 6.92 Å². The maximum Gasteiger partial charge on any atom is 0.344 e. The molecule has 0 unspecified atom stereocenters. The van der Waals surface area contributed by atoms with Crippen molar-refractivity contribution in [3.63, 3.8) is 0 Å². The number of hydrogen-bond acceptors (Lipinski definition) is 6. The number of para-hydroxylation sites is 2. The minimum Gasteiger partial charge on any atom is -0.482 e. The second-order valence-electron chi connectivity index (χ2n) is 8.09. The number of aromatic nitrogens is 3. The van der Waals surface area contributed by atoms with Crippen molar-refractivity contribution in [1.29, 1.82) is 0 Å². The molecule has 0 aliphatic rings. The molecule has 2 aromatic heterocycles. The number of carbonyl (C=O) groups is 1. The molecule has 0 atom stereocenters. The first-order valence-electron chi connectivity index (χ1n) is 11.6. The van der Waals surface area contributed by atoms with Gasteiger partial charge in [-0.2, -0.15) is 0 Å². The summed E-state index contributed by atoms with van der Waals surface area (Å²) in [6, 6.07) is 22.7. The number of sulfonamides is 1. The highest BCUT2D eigenvalue weighted by molar-refractivity contribution is 7.92. The summed E-state index contributed by atoms with van der Waals surface area (Å²) in [4.78, 5) is 19.5. The first-order valence-corrected chi connectivity index (χ1v) is 13.0. The molecule has 0 radical (unpaired) electrons. The highest BCUT2D eigenvalue weighted by Crippen LogP contribution is 2.32. The Bertz CT molecular complexity index is 1610. The highest BCUT2D eigenvalue weighted by atomic mass is 32.2. The van der Waals surface area contributed by atoms with Gasteiger partial charge in [-0.05, 0) is 73.7 Å². The molecule has 0 saturated heterocycles. The molecule has 2 N–H and O–H groups in total. The molecule has 0 aliphatic carbocycles. The van der Waals surface area contributed by atoms with Crippen molar-refractivity contribution < 1.29 is 22.7 Å². The smallest absolute Gasteiger partial charge is 0.344 e. The molecule has 37 heavy (non-hydrogen) atoms. The van der Waals surface area contributed by atoms with Crippen molar-refractivity contribution in [2.45, 2.75) is 11.8 Å². The van der Waals surface area contributed by atoms with Crippen LogP contribution in [0.2, 0.25) is 0 Å². The van der Waals surface area contributed by atoms with Crippen LogP contribution in [0.25, 0.3) is 28.1 Å². The molecule has 188 valence electrons. The van der Waals surface area contributed by atoms with Crippen LogP contribution in [-0.2, 0) is 19.6 Å². The quantitative estimate of drug-likeness (QED) is 0.273. The Balaban J connectivity index is 1.46. The van der Waals surface area contributed by atoms with Crippen molar-refractivity contribution >= 4 is 32.7 Å². The van der Waals surface area contributed by atoms with Crippen LogP contribution in [0.5, 0.6) is 5.75 Å². The molecule has 5 rings (SSSR count). The molecule has 3 aromatic carbocycles. The number of imidazole rings is 1. The largest absolute Gasteiger partial charge is 0.482 e. The van der Waals surface area contributed by atoms with Gasteiger partial charge in [0, 0.05) is 23.6 Å². The normalized spacial score (nSPS) is 11.4. The molecule has 0 fully saturated rings. The van der Waals surface area contributed by atoms with Gasteiger partial charge in [0.05, 0.1) is 28.2 Å². The molecule has 2 heterocycles. The van der Waals surface area contributed by atoms with E-state index >= 15 is 0 Å². The number of nitrogens with one attached hydrogen (secondary N) is 2. The van der Waals surface area contributed by atoms with E-state index in [0.29, 0.717) is 22.8 Å². The maximum atomic E-state index is 13.4. The number of benzene rings is 3. The van der Waals surface area contributed by atoms with E-state index in [1.54, 1.807) is 13.0 Å². The number of nitrogens with zero attached hydrogens (tertiary/aromatic N) is 2. The maximum absolute atomic E-state index is 13.4. The fourth-order valence-corrected chi connectivity index (χ4v) is 4.91. The predicted molar refractivity (Wildman–Crippen MR) is 140 cm³/mol. The van der Waals surface area contributed by atoms with Gasteiger partial charge in [0.2, 0.25) is 0 Å². The minimum atomic E-state index is -3.96. The monoisotopic (exact) mass is 516 g/mol. The van der Waals surface area contributed by atoms with E-state index in [0.717, 1.165) is 16.7 Å². The number of anilines is 1. The molecular weight excluding hydrogens is 492 g/mol. The summed E-state index contributed by atoms with van der Waals surface area (Å²) in [5.74, 6) is 0.395. The third-order valence-electron chi connectivity index (χ3n) is 5.59. The molecule has 0 bridgehead atoms. The van der Waals surface area contributed by atoms with E-state index in [9.17, 15) is 13.2 Å². The molecular formula is C27H24N4O5S. The summed E-state index contributed by atoms with van der Waals surface area (Å²) < 4.78 is 41.5. The summed E-state index contributed by atoms with van der Waals surface area (Å²) >= 11 is 0. The zero-order chi connectivity index (χ0) is 25.8. The Labute approximate surface area is 213 Å². The first kappa shape index (κ1) is 24.1. The standard InChI is InChI=1S/C27H24N4O5S/c1-2-35-26(32)18-36-20-10-12-21(13-11-20)37(33,34)30-25-17-19(31-15-5-6-16-31)9-14-22(25)27-28-23-7-3-4-8-24(23)29-27/h3-17,30H,2,18H2,1H3,(H,28,29). The lowest BCUT2D eigenvalue weighted by molar-refractivity contribution is -0.145. The summed E-state index contributed by atoms with van der Waals surface area (Å²) in [5.41, 5.74) is 3.38. The molecule has 10 heteroatoms. The molecule has 0 spiro atoms. The van der Waals surface area contributed by atoms with E-state index in [1.165, 1.54) is 24.3 Å². The summed E-state index contributed by atoms with van der Waals surface area (Å²) in [6.07, 6.45) is 3.76. The third kappa shape index (κ3) is 5.34. The zero-order valence-corrected chi connectivity index (χ0v) is 20.7. The number of hydrogen-bond donors (Lipinski definition) is 2. The Morgan fingerprint density at radius 1 is 1.00 bits per heavy atom. The van der Waals surface area contributed by atoms with Crippen molar-refractivity contribution in [3.8, 4) is 22.8 Å². The van der Waals surface area contributed by atoms with E-state index < -0.39 is 16.0 Å². The Kier molecular flexibility index (Phi) is 6.65. The van der Waals surface area contributed by atoms with Gasteiger partial charge >= 0.3 is 5.97 Å². The van der Waals surface area contributed by atoms with Crippen molar-refractivity contribution in [2.75, 3.05) is 17.9 Å². The van der Waals surface area contributed by atoms with Gasteiger partial charge in [-0.25, -0.2) is 18.2 Å². The van der Waals surface area contributed by atoms with Crippen LogP contribution >= 0.6 is 0 Å². The van der Waals surface area contributed by atoms with Crippen LogP contribution in [0.3, 0.4) is 0 Å². The third-order valence-corrected chi connectivity index (χ3v) is 6.97. The van der Waals surface area contributed by atoms with E-state index in [1.807, 2.05) is 65.5 Å². The van der Waals surface area contributed by atoms with Gasteiger partial charge in [0.15, 0.2) is 6.61 Å². The van der Waals surface area contributed by atoms with E-state index in [2.05, 4.69) is 14.7 Å². The SMILES string of the molecule is CCOC(=O)COc1ccc(S(=O)(=O)Nc2cc(-n3cccc3)ccc2-c2nc3ccccc3[nH]2)cc1. The average Bonchev–Trinajstić information content (AvgIpc) is 3.58. The number of ether oxygens (including phenoxy) is 2. The van der Waals surface area contributed by atoms with Gasteiger partial charge < -0.3 is 19.0 Å². The molecule has 5 aromatic rings. The van der Waals surface area contributed by atoms with Crippen LogP contribution < -0.4 is 9.46 Å². The molecule has 9 nitrogen and oxygen atoms in total. The van der Waals surface area contributed by atoms with Crippen LogP contribution in [-0.4, -0.2) is 42.1 Å².